The summed E-state index contributed by atoms with van der Waals surface area (Å²) in [5.41, 5.74) is 7.06. The van der Waals surface area contributed by atoms with E-state index < -0.39 is 0 Å². The molecule has 1 aromatic heterocycles. The van der Waals surface area contributed by atoms with Gasteiger partial charge in [-0.3, -0.25) is 4.98 Å². The van der Waals surface area contributed by atoms with Crippen molar-refractivity contribution in [3.8, 4) is 5.75 Å². The van der Waals surface area contributed by atoms with Gasteiger partial charge in [0.15, 0.2) is 6.29 Å². The van der Waals surface area contributed by atoms with Gasteiger partial charge in [0.2, 0.25) is 0 Å². The third-order valence-electron chi connectivity index (χ3n) is 2.67. The summed E-state index contributed by atoms with van der Waals surface area (Å²) in [4.78, 5) is 4.15. The van der Waals surface area contributed by atoms with Crippen LogP contribution < -0.4 is 10.5 Å². The van der Waals surface area contributed by atoms with E-state index in [1.54, 1.807) is 12.4 Å². The monoisotopic (exact) mass is 252 g/mol. The predicted molar refractivity (Wildman–Crippen MR) is 67.2 cm³/mol. The normalized spacial score (nSPS) is 18.2. The second kappa shape index (κ2) is 6.13. The smallest absolute Gasteiger partial charge is 0.159 e. The Balaban J connectivity index is 1.98. The van der Waals surface area contributed by atoms with Gasteiger partial charge in [0.1, 0.15) is 5.75 Å². The van der Waals surface area contributed by atoms with Gasteiger partial charge in [-0.05, 0) is 25.5 Å². The van der Waals surface area contributed by atoms with E-state index in [9.17, 15) is 0 Å². The lowest BCUT2D eigenvalue weighted by atomic mass is 10.1. The van der Waals surface area contributed by atoms with E-state index in [-0.39, 0.29) is 18.4 Å². The van der Waals surface area contributed by atoms with E-state index in [1.807, 2.05) is 19.9 Å². The highest BCUT2D eigenvalue weighted by atomic mass is 16.7. The van der Waals surface area contributed by atoms with Crippen molar-refractivity contribution in [3.05, 3.63) is 24.0 Å². The first-order valence-corrected chi connectivity index (χ1v) is 6.25. The second-order valence-corrected chi connectivity index (χ2v) is 4.63. The standard InChI is InChI=1S/C13H20N2O3/c1-9(2)18-11-5-10(7-15-8-11)12(14)6-13-16-3-4-17-13/h5,7-9,12-13H,3-4,6,14H2,1-2H3. The fourth-order valence-electron chi connectivity index (χ4n) is 1.86. The van der Waals surface area contributed by atoms with E-state index >= 15 is 0 Å². The largest absolute Gasteiger partial charge is 0.489 e. The number of hydrogen-bond acceptors (Lipinski definition) is 5. The highest BCUT2D eigenvalue weighted by Crippen LogP contribution is 2.22. The Morgan fingerprint density at radius 1 is 1.39 bits per heavy atom. The van der Waals surface area contributed by atoms with Gasteiger partial charge in [0, 0.05) is 18.7 Å². The molecule has 18 heavy (non-hydrogen) atoms. The summed E-state index contributed by atoms with van der Waals surface area (Å²) in [6, 6.07) is 1.77. The topological polar surface area (TPSA) is 66.6 Å². The van der Waals surface area contributed by atoms with Crippen LogP contribution in [0.5, 0.6) is 5.75 Å². The summed E-state index contributed by atoms with van der Waals surface area (Å²) in [7, 11) is 0. The molecule has 0 aromatic carbocycles. The molecule has 100 valence electrons. The molecule has 1 saturated heterocycles. The number of pyridine rings is 1. The van der Waals surface area contributed by atoms with Crippen LogP contribution in [0.25, 0.3) is 0 Å². The molecule has 1 aromatic rings. The maximum Gasteiger partial charge on any atom is 0.159 e. The summed E-state index contributed by atoms with van der Waals surface area (Å²) in [5, 5.41) is 0. The van der Waals surface area contributed by atoms with Gasteiger partial charge in [-0.2, -0.15) is 0 Å². The zero-order valence-electron chi connectivity index (χ0n) is 10.8. The van der Waals surface area contributed by atoms with Gasteiger partial charge < -0.3 is 19.9 Å². The van der Waals surface area contributed by atoms with Crippen LogP contribution in [0.3, 0.4) is 0 Å². The van der Waals surface area contributed by atoms with Crippen molar-refractivity contribution in [3.63, 3.8) is 0 Å². The molecule has 5 heteroatoms. The third-order valence-corrected chi connectivity index (χ3v) is 2.67. The Morgan fingerprint density at radius 3 is 2.78 bits per heavy atom. The highest BCUT2D eigenvalue weighted by Gasteiger charge is 2.20. The van der Waals surface area contributed by atoms with Crippen LogP contribution in [-0.4, -0.2) is 30.6 Å². The molecule has 2 heterocycles. The van der Waals surface area contributed by atoms with E-state index in [2.05, 4.69) is 4.98 Å². The fourth-order valence-corrected chi connectivity index (χ4v) is 1.86. The summed E-state index contributed by atoms with van der Waals surface area (Å²) in [6.45, 7) is 5.25. The van der Waals surface area contributed by atoms with Crippen LogP contribution in [-0.2, 0) is 9.47 Å². The molecular formula is C13H20N2O3. The molecule has 0 amide bonds. The Kier molecular flexibility index (Phi) is 4.52. The number of hydrogen-bond donors (Lipinski definition) is 1. The van der Waals surface area contributed by atoms with Crippen molar-refractivity contribution in [1.82, 2.24) is 4.98 Å². The van der Waals surface area contributed by atoms with Gasteiger partial charge in [-0.25, -0.2) is 0 Å². The Hall–Kier alpha value is -1.17. The van der Waals surface area contributed by atoms with E-state index in [1.165, 1.54) is 0 Å². The number of ether oxygens (including phenoxy) is 3. The first-order valence-electron chi connectivity index (χ1n) is 6.25. The minimum absolute atomic E-state index is 0.125. The molecule has 1 atom stereocenters. The Bertz CT molecular complexity index is 378. The second-order valence-electron chi connectivity index (χ2n) is 4.63. The van der Waals surface area contributed by atoms with Crippen LogP contribution in [0.2, 0.25) is 0 Å². The summed E-state index contributed by atoms with van der Waals surface area (Å²) in [6.07, 6.45) is 4.01. The molecular weight excluding hydrogens is 232 g/mol. The lowest BCUT2D eigenvalue weighted by Gasteiger charge is -2.17. The molecule has 1 unspecified atom stereocenters. The first-order chi connectivity index (χ1) is 8.65. The Labute approximate surface area is 107 Å². The Morgan fingerprint density at radius 2 is 2.11 bits per heavy atom. The van der Waals surface area contributed by atoms with Gasteiger partial charge in [-0.15, -0.1) is 0 Å². The average Bonchev–Trinajstić information content (AvgIpc) is 2.81. The van der Waals surface area contributed by atoms with Crippen molar-refractivity contribution in [2.75, 3.05) is 13.2 Å². The molecule has 0 spiro atoms. The number of rotatable bonds is 5. The molecule has 5 nitrogen and oxygen atoms in total. The van der Waals surface area contributed by atoms with Crippen LogP contribution in [0.15, 0.2) is 18.5 Å². The third kappa shape index (κ3) is 3.66. The molecule has 1 aliphatic rings. The quantitative estimate of drug-likeness (QED) is 0.862. The summed E-state index contributed by atoms with van der Waals surface area (Å²) in [5.74, 6) is 0.742. The maximum absolute atomic E-state index is 6.12. The van der Waals surface area contributed by atoms with Crippen molar-refractivity contribution < 1.29 is 14.2 Å². The fraction of sp³-hybridized carbons (Fsp3) is 0.615. The van der Waals surface area contributed by atoms with Gasteiger partial charge >= 0.3 is 0 Å². The molecule has 1 fully saturated rings. The SMILES string of the molecule is CC(C)Oc1cncc(C(N)CC2OCCO2)c1. The summed E-state index contributed by atoms with van der Waals surface area (Å²) >= 11 is 0. The molecule has 2 rings (SSSR count). The van der Waals surface area contributed by atoms with Crippen LogP contribution >= 0.6 is 0 Å². The minimum atomic E-state index is -0.199. The predicted octanol–water partition coefficient (Wildman–Crippen LogP) is 1.63. The van der Waals surface area contributed by atoms with Gasteiger partial charge in [-0.1, -0.05) is 0 Å². The van der Waals surface area contributed by atoms with Crippen molar-refractivity contribution in [2.45, 2.75) is 38.7 Å². The van der Waals surface area contributed by atoms with Crippen LogP contribution in [0.1, 0.15) is 31.9 Å². The van der Waals surface area contributed by atoms with E-state index in [0.717, 1.165) is 11.3 Å². The van der Waals surface area contributed by atoms with Gasteiger partial charge in [0.25, 0.3) is 0 Å². The van der Waals surface area contributed by atoms with Gasteiger partial charge in [0.05, 0.1) is 25.5 Å². The molecule has 0 saturated carbocycles. The molecule has 2 N–H and O–H groups in total. The highest BCUT2D eigenvalue weighted by molar-refractivity contribution is 5.26. The van der Waals surface area contributed by atoms with Crippen molar-refractivity contribution in [1.29, 1.82) is 0 Å². The van der Waals surface area contributed by atoms with Crippen LogP contribution in [0, 0.1) is 0 Å². The zero-order valence-corrected chi connectivity index (χ0v) is 10.8. The van der Waals surface area contributed by atoms with Crippen LogP contribution in [0.4, 0.5) is 0 Å². The molecule has 0 aliphatic carbocycles. The number of nitrogens with zero attached hydrogens (tertiary/aromatic N) is 1. The summed E-state index contributed by atoms with van der Waals surface area (Å²) < 4.78 is 16.4. The molecule has 0 radical (unpaired) electrons. The van der Waals surface area contributed by atoms with E-state index in [0.29, 0.717) is 19.6 Å². The lowest BCUT2D eigenvalue weighted by Crippen LogP contribution is -2.19. The number of aromatic nitrogens is 1. The molecule has 0 bridgehead atoms. The average molecular weight is 252 g/mol. The van der Waals surface area contributed by atoms with Crippen molar-refractivity contribution in [2.24, 2.45) is 5.73 Å². The number of nitrogens with two attached hydrogens (primary N) is 1. The molecule has 1 aliphatic heterocycles. The van der Waals surface area contributed by atoms with E-state index in [4.69, 9.17) is 19.9 Å². The first kappa shape index (κ1) is 13.3. The maximum atomic E-state index is 6.12. The lowest BCUT2D eigenvalue weighted by molar-refractivity contribution is -0.0508. The zero-order chi connectivity index (χ0) is 13.0. The van der Waals surface area contributed by atoms with Crippen molar-refractivity contribution >= 4 is 0 Å². The minimum Gasteiger partial charge on any atom is -0.489 e.